The summed E-state index contributed by atoms with van der Waals surface area (Å²) in [6.07, 6.45) is 4.89. The van der Waals surface area contributed by atoms with Gasteiger partial charge < -0.3 is 10.2 Å². The Bertz CT molecular complexity index is 844. The minimum absolute atomic E-state index is 0.0234. The Morgan fingerprint density at radius 3 is 2.41 bits per heavy atom. The molecule has 0 aromatic heterocycles. The molecule has 0 spiro atoms. The van der Waals surface area contributed by atoms with Crippen molar-refractivity contribution in [2.24, 2.45) is 0 Å². The monoisotopic (exact) mass is 395 g/mol. The second-order valence-electron chi connectivity index (χ2n) is 8.26. The van der Waals surface area contributed by atoms with Crippen molar-refractivity contribution in [2.75, 3.05) is 37.6 Å². The number of fused-ring (bicyclic) bond motifs is 1. The van der Waals surface area contributed by atoms with E-state index >= 15 is 0 Å². The molecule has 2 aromatic rings. The van der Waals surface area contributed by atoms with Gasteiger partial charge >= 0.3 is 0 Å². The first kappa shape index (κ1) is 19.9. The molecule has 1 N–H and O–H groups in total. The third-order valence-corrected chi connectivity index (χ3v) is 6.18. The van der Waals surface area contributed by atoms with Crippen LogP contribution < -0.4 is 10.2 Å². The Hall–Kier alpha value is -2.40. The molecule has 2 aliphatic rings. The van der Waals surface area contributed by atoms with Gasteiger partial charge in [0.15, 0.2) is 0 Å². The highest BCUT2D eigenvalue weighted by Crippen LogP contribution is 2.25. The fourth-order valence-electron chi connectivity index (χ4n) is 4.41. The van der Waals surface area contributed by atoms with Gasteiger partial charge in [0.2, 0.25) is 5.91 Å². The van der Waals surface area contributed by atoms with Crippen LogP contribution in [0.4, 0.5) is 10.1 Å². The van der Waals surface area contributed by atoms with Gasteiger partial charge in [-0.3, -0.25) is 9.69 Å². The first-order valence-corrected chi connectivity index (χ1v) is 10.7. The van der Waals surface area contributed by atoms with Crippen LogP contribution in [0.3, 0.4) is 0 Å². The SMILES string of the molecule is CC(NC(=O)CN1CCN(c2ccc(F)cc2)CC1)c1ccc2c(c1)CCCC2. The summed E-state index contributed by atoms with van der Waals surface area (Å²) in [5, 5.41) is 3.16. The molecule has 0 radical (unpaired) electrons. The number of anilines is 1. The molecule has 4 nitrogen and oxygen atoms in total. The largest absolute Gasteiger partial charge is 0.369 e. The van der Waals surface area contributed by atoms with Gasteiger partial charge in [0.25, 0.3) is 0 Å². The lowest BCUT2D eigenvalue weighted by molar-refractivity contribution is -0.123. The highest BCUT2D eigenvalue weighted by atomic mass is 19.1. The molecule has 1 saturated heterocycles. The molecule has 1 unspecified atom stereocenters. The molecular formula is C24H30FN3O. The van der Waals surface area contributed by atoms with Gasteiger partial charge in [-0.05, 0) is 73.6 Å². The van der Waals surface area contributed by atoms with Crippen molar-refractivity contribution in [3.8, 4) is 0 Å². The summed E-state index contributed by atoms with van der Waals surface area (Å²) < 4.78 is 13.1. The van der Waals surface area contributed by atoms with Crippen LogP contribution in [0.25, 0.3) is 0 Å². The molecule has 1 aliphatic heterocycles. The van der Waals surface area contributed by atoms with Crippen LogP contribution in [-0.4, -0.2) is 43.5 Å². The number of hydrogen-bond acceptors (Lipinski definition) is 3. The van der Waals surface area contributed by atoms with Crippen molar-refractivity contribution < 1.29 is 9.18 Å². The van der Waals surface area contributed by atoms with Crippen molar-refractivity contribution >= 4 is 11.6 Å². The van der Waals surface area contributed by atoms with E-state index in [1.807, 2.05) is 12.1 Å². The van der Waals surface area contributed by atoms with Gasteiger partial charge in [0.05, 0.1) is 12.6 Å². The van der Waals surface area contributed by atoms with Crippen molar-refractivity contribution in [2.45, 2.75) is 38.6 Å². The predicted octanol–water partition coefficient (Wildman–Crippen LogP) is 3.70. The van der Waals surface area contributed by atoms with Crippen LogP contribution in [0.1, 0.15) is 42.5 Å². The lowest BCUT2D eigenvalue weighted by Gasteiger charge is -2.35. The molecule has 1 fully saturated rings. The van der Waals surface area contributed by atoms with Crippen LogP contribution in [0.15, 0.2) is 42.5 Å². The smallest absolute Gasteiger partial charge is 0.234 e. The van der Waals surface area contributed by atoms with E-state index in [1.165, 1.54) is 48.1 Å². The highest BCUT2D eigenvalue weighted by molar-refractivity contribution is 5.78. The molecule has 0 bridgehead atoms. The Kier molecular flexibility index (Phi) is 6.14. The van der Waals surface area contributed by atoms with Gasteiger partial charge in [0, 0.05) is 31.9 Å². The summed E-state index contributed by atoms with van der Waals surface area (Å²) in [7, 11) is 0. The zero-order chi connectivity index (χ0) is 20.2. The molecule has 1 atom stereocenters. The molecule has 1 amide bonds. The third kappa shape index (κ3) is 4.96. The maximum Gasteiger partial charge on any atom is 0.234 e. The zero-order valence-electron chi connectivity index (χ0n) is 17.2. The molecule has 1 heterocycles. The standard InChI is InChI=1S/C24H30FN3O/c1-18(20-7-6-19-4-2-3-5-21(19)16-20)26-24(29)17-27-12-14-28(15-13-27)23-10-8-22(25)9-11-23/h6-11,16,18H,2-5,12-15,17H2,1H3,(H,26,29). The van der Waals surface area contributed by atoms with Gasteiger partial charge in [-0.2, -0.15) is 0 Å². The Labute approximate surface area is 172 Å². The maximum atomic E-state index is 13.1. The summed E-state index contributed by atoms with van der Waals surface area (Å²) in [4.78, 5) is 17.0. The predicted molar refractivity (Wildman–Crippen MR) is 115 cm³/mol. The first-order valence-electron chi connectivity index (χ1n) is 10.7. The number of nitrogens with one attached hydrogen (secondary N) is 1. The summed E-state index contributed by atoms with van der Waals surface area (Å²) in [5.41, 5.74) is 5.15. The summed E-state index contributed by atoms with van der Waals surface area (Å²) in [6.45, 7) is 5.84. The number of carbonyl (C=O) groups excluding carboxylic acids is 1. The topological polar surface area (TPSA) is 35.6 Å². The molecule has 4 rings (SSSR count). The second kappa shape index (κ2) is 8.95. The summed E-state index contributed by atoms with van der Waals surface area (Å²) in [5.74, 6) is -0.137. The Balaban J connectivity index is 1.26. The molecule has 1 aliphatic carbocycles. The van der Waals surface area contributed by atoms with Crippen LogP contribution in [-0.2, 0) is 17.6 Å². The van der Waals surface area contributed by atoms with Crippen LogP contribution in [0, 0.1) is 5.82 Å². The van der Waals surface area contributed by atoms with Gasteiger partial charge in [-0.1, -0.05) is 18.2 Å². The third-order valence-electron chi connectivity index (χ3n) is 6.18. The summed E-state index contributed by atoms with van der Waals surface area (Å²) >= 11 is 0. The number of benzene rings is 2. The van der Waals surface area contributed by atoms with Crippen molar-refractivity contribution in [1.29, 1.82) is 0 Å². The van der Waals surface area contributed by atoms with Crippen molar-refractivity contribution in [1.82, 2.24) is 10.2 Å². The second-order valence-corrected chi connectivity index (χ2v) is 8.26. The molecular weight excluding hydrogens is 365 g/mol. The molecule has 0 saturated carbocycles. The van der Waals surface area contributed by atoms with E-state index in [0.717, 1.165) is 38.3 Å². The fraction of sp³-hybridized carbons (Fsp3) is 0.458. The van der Waals surface area contributed by atoms with E-state index < -0.39 is 0 Å². The summed E-state index contributed by atoms with van der Waals surface area (Å²) in [6, 6.07) is 13.3. The minimum Gasteiger partial charge on any atom is -0.369 e. The molecule has 154 valence electrons. The molecule has 5 heteroatoms. The van der Waals surface area contributed by atoms with Crippen LogP contribution >= 0.6 is 0 Å². The highest BCUT2D eigenvalue weighted by Gasteiger charge is 2.20. The zero-order valence-corrected chi connectivity index (χ0v) is 17.2. The number of carbonyl (C=O) groups is 1. The lowest BCUT2D eigenvalue weighted by Crippen LogP contribution is -2.49. The average Bonchev–Trinajstić information content (AvgIpc) is 2.74. The van der Waals surface area contributed by atoms with Crippen molar-refractivity contribution in [3.05, 3.63) is 65.0 Å². The van der Waals surface area contributed by atoms with Crippen molar-refractivity contribution in [3.63, 3.8) is 0 Å². The number of hydrogen-bond donors (Lipinski definition) is 1. The van der Waals surface area contributed by atoms with E-state index in [4.69, 9.17) is 0 Å². The number of nitrogens with zero attached hydrogens (tertiary/aromatic N) is 2. The first-order chi connectivity index (χ1) is 14.1. The lowest BCUT2D eigenvalue weighted by atomic mass is 9.89. The Morgan fingerprint density at radius 2 is 1.69 bits per heavy atom. The molecule has 29 heavy (non-hydrogen) atoms. The van der Waals surface area contributed by atoms with Gasteiger partial charge in [-0.25, -0.2) is 4.39 Å². The van der Waals surface area contributed by atoms with Gasteiger partial charge in [0.1, 0.15) is 5.82 Å². The maximum absolute atomic E-state index is 13.1. The molecule has 2 aromatic carbocycles. The van der Waals surface area contributed by atoms with Crippen LogP contribution in [0.2, 0.25) is 0 Å². The van der Waals surface area contributed by atoms with E-state index in [9.17, 15) is 9.18 Å². The number of aryl methyl sites for hydroxylation is 2. The van der Waals surface area contributed by atoms with E-state index in [2.05, 4.69) is 40.2 Å². The quantitative estimate of drug-likeness (QED) is 0.838. The van der Waals surface area contributed by atoms with E-state index in [0.29, 0.717) is 6.54 Å². The van der Waals surface area contributed by atoms with E-state index in [-0.39, 0.29) is 17.8 Å². The Morgan fingerprint density at radius 1 is 1.00 bits per heavy atom. The van der Waals surface area contributed by atoms with E-state index in [1.54, 1.807) is 0 Å². The fourth-order valence-corrected chi connectivity index (χ4v) is 4.41. The number of amides is 1. The number of piperazine rings is 1. The number of halogens is 1. The average molecular weight is 396 g/mol. The number of rotatable bonds is 5. The van der Waals surface area contributed by atoms with Gasteiger partial charge in [-0.15, -0.1) is 0 Å². The minimum atomic E-state index is -0.211. The van der Waals surface area contributed by atoms with Crippen LogP contribution in [0.5, 0.6) is 0 Å². The normalized spacial score (nSPS) is 18.2.